The van der Waals surface area contributed by atoms with Crippen molar-refractivity contribution < 1.29 is 5.11 Å². The first-order chi connectivity index (χ1) is 6.90. The van der Waals surface area contributed by atoms with Gasteiger partial charge < -0.3 is 9.67 Å². The standard InChI is InChI=1S/C8H10N4OS/c13-3-8-11-10-5-12(8)2-1-7-4-14-6-9-7/h4-6,13H,1-3H2. The van der Waals surface area contributed by atoms with Crippen LogP contribution in [0.15, 0.2) is 17.2 Å². The van der Waals surface area contributed by atoms with Gasteiger partial charge in [-0.05, 0) is 0 Å². The van der Waals surface area contributed by atoms with Gasteiger partial charge in [0, 0.05) is 18.3 Å². The highest BCUT2D eigenvalue weighted by molar-refractivity contribution is 7.07. The highest BCUT2D eigenvalue weighted by Gasteiger charge is 2.02. The van der Waals surface area contributed by atoms with Crippen molar-refractivity contribution in [2.45, 2.75) is 19.6 Å². The predicted molar refractivity (Wildman–Crippen MR) is 51.8 cm³/mol. The second-order valence-electron chi connectivity index (χ2n) is 2.83. The van der Waals surface area contributed by atoms with Crippen molar-refractivity contribution >= 4 is 11.3 Å². The summed E-state index contributed by atoms with van der Waals surface area (Å²) in [6.07, 6.45) is 2.46. The zero-order valence-electron chi connectivity index (χ0n) is 7.50. The Kier molecular flexibility index (Phi) is 2.85. The third-order valence-corrected chi connectivity index (χ3v) is 2.56. The molecule has 0 atom stereocenters. The van der Waals surface area contributed by atoms with Gasteiger partial charge in [0.05, 0.1) is 11.2 Å². The van der Waals surface area contributed by atoms with Crippen molar-refractivity contribution in [1.82, 2.24) is 19.7 Å². The van der Waals surface area contributed by atoms with E-state index in [1.807, 2.05) is 15.5 Å². The van der Waals surface area contributed by atoms with Gasteiger partial charge >= 0.3 is 0 Å². The minimum Gasteiger partial charge on any atom is -0.388 e. The van der Waals surface area contributed by atoms with Crippen molar-refractivity contribution in [3.8, 4) is 0 Å². The van der Waals surface area contributed by atoms with Crippen LogP contribution in [0.1, 0.15) is 11.5 Å². The molecule has 0 aromatic carbocycles. The number of hydrogen-bond donors (Lipinski definition) is 1. The lowest BCUT2D eigenvalue weighted by atomic mass is 10.3. The van der Waals surface area contributed by atoms with Crippen LogP contribution in [0.4, 0.5) is 0 Å². The van der Waals surface area contributed by atoms with Gasteiger partial charge in [0.25, 0.3) is 0 Å². The summed E-state index contributed by atoms with van der Waals surface area (Å²) in [5.74, 6) is 0.597. The number of aliphatic hydroxyl groups is 1. The van der Waals surface area contributed by atoms with Gasteiger partial charge in [0.2, 0.25) is 0 Å². The van der Waals surface area contributed by atoms with Gasteiger partial charge in [0.15, 0.2) is 5.82 Å². The molecule has 74 valence electrons. The molecule has 2 aromatic rings. The molecule has 6 heteroatoms. The first-order valence-corrected chi connectivity index (χ1v) is 5.19. The molecule has 0 fully saturated rings. The van der Waals surface area contributed by atoms with E-state index < -0.39 is 0 Å². The second-order valence-corrected chi connectivity index (χ2v) is 3.55. The number of aliphatic hydroxyl groups excluding tert-OH is 1. The van der Waals surface area contributed by atoms with Crippen LogP contribution in [0.3, 0.4) is 0 Å². The Hall–Kier alpha value is -1.27. The van der Waals surface area contributed by atoms with Gasteiger partial charge in [-0.2, -0.15) is 0 Å². The van der Waals surface area contributed by atoms with E-state index in [1.54, 1.807) is 17.7 Å². The number of aromatic nitrogens is 4. The first kappa shape index (κ1) is 9.29. The molecular formula is C8H10N4OS. The molecule has 2 rings (SSSR count). The maximum Gasteiger partial charge on any atom is 0.158 e. The van der Waals surface area contributed by atoms with Crippen LogP contribution >= 0.6 is 11.3 Å². The average molecular weight is 210 g/mol. The topological polar surface area (TPSA) is 63.8 Å². The second kappa shape index (κ2) is 4.30. The van der Waals surface area contributed by atoms with E-state index in [0.29, 0.717) is 5.82 Å². The summed E-state index contributed by atoms with van der Waals surface area (Å²) in [5, 5.41) is 18.5. The fourth-order valence-corrected chi connectivity index (χ4v) is 1.78. The van der Waals surface area contributed by atoms with Crippen LogP contribution < -0.4 is 0 Å². The van der Waals surface area contributed by atoms with E-state index in [2.05, 4.69) is 15.2 Å². The molecule has 5 nitrogen and oxygen atoms in total. The molecule has 0 saturated heterocycles. The summed E-state index contributed by atoms with van der Waals surface area (Å²) >= 11 is 1.59. The fourth-order valence-electron chi connectivity index (χ4n) is 1.18. The number of hydrogen-bond acceptors (Lipinski definition) is 5. The Bertz CT molecular complexity index is 384. The normalized spacial score (nSPS) is 10.6. The molecule has 0 aliphatic carbocycles. The molecule has 0 saturated carbocycles. The molecule has 14 heavy (non-hydrogen) atoms. The van der Waals surface area contributed by atoms with Gasteiger partial charge in [-0.1, -0.05) is 0 Å². The van der Waals surface area contributed by atoms with Crippen LogP contribution in [0.5, 0.6) is 0 Å². The molecule has 0 spiro atoms. The summed E-state index contributed by atoms with van der Waals surface area (Å²) in [6.45, 7) is 0.684. The minimum absolute atomic E-state index is 0.0724. The summed E-state index contributed by atoms with van der Waals surface area (Å²) in [6, 6.07) is 0. The zero-order chi connectivity index (χ0) is 9.80. The summed E-state index contributed by atoms with van der Waals surface area (Å²) in [4.78, 5) is 4.17. The Morgan fingerprint density at radius 2 is 2.43 bits per heavy atom. The Labute approximate surface area is 85.1 Å². The lowest BCUT2D eigenvalue weighted by molar-refractivity contribution is 0.264. The number of aryl methyl sites for hydroxylation is 2. The van der Waals surface area contributed by atoms with E-state index >= 15 is 0 Å². The lowest BCUT2D eigenvalue weighted by Crippen LogP contribution is -2.05. The Balaban J connectivity index is 1.98. The number of thiazole rings is 1. The van der Waals surface area contributed by atoms with Gasteiger partial charge in [-0.15, -0.1) is 21.5 Å². The third-order valence-electron chi connectivity index (χ3n) is 1.93. The molecular weight excluding hydrogens is 200 g/mol. The molecule has 0 bridgehead atoms. The molecule has 0 aliphatic heterocycles. The molecule has 2 aromatic heterocycles. The highest BCUT2D eigenvalue weighted by Crippen LogP contribution is 2.04. The molecule has 0 unspecified atom stereocenters. The van der Waals surface area contributed by atoms with E-state index in [0.717, 1.165) is 18.7 Å². The van der Waals surface area contributed by atoms with Crippen molar-refractivity contribution in [2.75, 3.05) is 0 Å². The van der Waals surface area contributed by atoms with Crippen molar-refractivity contribution in [1.29, 1.82) is 0 Å². The molecule has 0 amide bonds. The van der Waals surface area contributed by atoms with Crippen molar-refractivity contribution in [3.05, 3.63) is 28.7 Å². The van der Waals surface area contributed by atoms with Crippen LogP contribution in [-0.4, -0.2) is 24.9 Å². The summed E-state index contributed by atoms with van der Waals surface area (Å²) in [7, 11) is 0. The lowest BCUT2D eigenvalue weighted by Gasteiger charge is -2.02. The molecule has 0 aliphatic rings. The average Bonchev–Trinajstić information content (AvgIpc) is 2.85. The van der Waals surface area contributed by atoms with Crippen LogP contribution in [0, 0.1) is 0 Å². The Morgan fingerprint density at radius 3 is 3.14 bits per heavy atom. The van der Waals surface area contributed by atoms with E-state index in [-0.39, 0.29) is 6.61 Å². The van der Waals surface area contributed by atoms with Crippen LogP contribution in [0.2, 0.25) is 0 Å². The smallest absolute Gasteiger partial charge is 0.158 e. The van der Waals surface area contributed by atoms with Crippen LogP contribution in [0.25, 0.3) is 0 Å². The number of rotatable bonds is 4. The largest absolute Gasteiger partial charge is 0.388 e. The van der Waals surface area contributed by atoms with Gasteiger partial charge in [-0.3, -0.25) is 0 Å². The van der Waals surface area contributed by atoms with E-state index in [4.69, 9.17) is 5.11 Å². The van der Waals surface area contributed by atoms with Crippen molar-refractivity contribution in [3.63, 3.8) is 0 Å². The zero-order valence-corrected chi connectivity index (χ0v) is 8.31. The Morgan fingerprint density at radius 1 is 1.50 bits per heavy atom. The van der Waals surface area contributed by atoms with Gasteiger partial charge in [0.1, 0.15) is 12.9 Å². The summed E-state index contributed by atoms with van der Waals surface area (Å²) in [5.41, 5.74) is 2.88. The molecule has 1 N–H and O–H groups in total. The van der Waals surface area contributed by atoms with E-state index in [1.165, 1.54) is 0 Å². The third kappa shape index (κ3) is 1.97. The molecule has 2 heterocycles. The minimum atomic E-state index is -0.0724. The quantitative estimate of drug-likeness (QED) is 0.796. The van der Waals surface area contributed by atoms with Crippen LogP contribution in [-0.2, 0) is 19.6 Å². The maximum absolute atomic E-state index is 8.93. The maximum atomic E-state index is 8.93. The van der Waals surface area contributed by atoms with Gasteiger partial charge in [-0.25, -0.2) is 4.98 Å². The first-order valence-electron chi connectivity index (χ1n) is 4.25. The summed E-state index contributed by atoms with van der Waals surface area (Å²) < 4.78 is 1.83. The monoisotopic (exact) mass is 210 g/mol. The predicted octanol–water partition coefficient (Wildman–Crippen LogP) is 0.470. The fraction of sp³-hybridized carbons (Fsp3) is 0.375. The van der Waals surface area contributed by atoms with E-state index in [9.17, 15) is 0 Å². The van der Waals surface area contributed by atoms with Crippen molar-refractivity contribution in [2.24, 2.45) is 0 Å². The number of nitrogens with zero attached hydrogens (tertiary/aromatic N) is 4. The highest BCUT2D eigenvalue weighted by atomic mass is 32.1. The SMILES string of the molecule is OCc1nncn1CCc1cscn1. The molecule has 0 radical (unpaired) electrons.